The molecule has 0 saturated carbocycles. The van der Waals surface area contributed by atoms with E-state index >= 15 is 0 Å². The third kappa shape index (κ3) is 3.85. The molecule has 1 unspecified atom stereocenters. The molecular weight excluding hydrogens is 366 g/mol. The van der Waals surface area contributed by atoms with Gasteiger partial charge in [0.1, 0.15) is 0 Å². The molecule has 1 aromatic rings. The minimum absolute atomic E-state index is 0.0927. The van der Waals surface area contributed by atoms with Gasteiger partial charge in [0.15, 0.2) is 0 Å². The molecule has 3 amide bonds. The van der Waals surface area contributed by atoms with Gasteiger partial charge in [0.2, 0.25) is 0 Å². The average molecular weight is 384 g/mol. The number of urea groups is 1. The molecule has 0 aromatic heterocycles. The van der Waals surface area contributed by atoms with Crippen molar-refractivity contribution < 1.29 is 19.5 Å². The van der Waals surface area contributed by atoms with Crippen LogP contribution in [-0.2, 0) is 4.79 Å². The van der Waals surface area contributed by atoms with Gasteiger partial charge >= 0.3 is 12.0 Å². The summed E-state index contributed by atoms with van der Waals surface area (Å²) < 4.78 is 0. The fraction of sp³-hybridized carbons (Fsp3) is 0.438. The van der Waals surface area contributed by atoms with Crippen molar-refractivity contribution in [2.75, 3.05) is 36.0 Å². The number of halogens is 1. The predicted molar refractivity (Wildman–Crippen MR) is 96.6 cm³/mol. The number of anilines is 1. The van der Waals surface area contributed by atoms with Crippen LogP contribution >= 0.6 is 23.4 Å². The molecule has 2 N–H and O–H groups in total. The standard InChI is InChI=1S/C16H18ClN3O4S/c17-13-2-1-10(20-4-3-18-16(20)24)7-12(13)15(23)19-5-6-25-9-11(19)8-14(21)22/h1-2,7,11H,3-6,8-9H2,(H,18,24)(H,21,22). The number of benzene rings is 1. The number of hydrogen-bond donors (Lipinski definition) is 2. The van der Waals surface area contributed by atoms with Crippen molar-refractivity contribution in [3.8, 4) is 0 Å². The Kier molecular flexibility index (Phi) is 5.39. The first-order valence-electron chi connectivity index (χ1n) is 7.93. The molecule has 1 aromatic carbocycles. The van der Waals surface area contributed by atoms with Gasteiger partial charge in [-0.05, 0) is 18.2 Å². The van der Waals surface area contributed by atoms with E-state index in [0.29, 0.717) is 41.7 Å². The summed E-state index contributed by atoms with van der Waals surface area (Å²) >= 11 is 7.86. The second kappa shape index (κ2) is 7.53. The highest BCUT2D eigenvalue weighted by Gasteiger charge is 2.31. The van der Waals surface area contributed by atoms with Crippen LogP contribution in [0, 0.1) is 0 Å². The lowest BCUT2D eigenvalue weighted by Gasteiger charge is -2.35. The van der Waals surface area contributed by atoms with Crippen molar-refractivity contribution in [2.45, 2.75) is 12.5 Å². The number of nitrogens with one attached hydrogen (secondary N) is 1. The van der Waals surface area contributed by atoms with Crippen molar-refractivity contribution in [2.24, 2.45) is 0 Å². The van der Waals surface area contributed by atoms with E-state index in [1.54, 1.807) is 39.8 Å². The molecule has 2 fully saturated rings. The quantitative estimate of drug-likeness (QED) is 0.828. The van der Waals surface area contributed by atoms with Gasteiger partial charge in [-0.1, -0.05) is 11.6 Å². The number of carbonyl (C=O) groups excluding carboxylic acids is 2. The molecule has 2 heterocycles. The minimum Gasteiger partial charge on any atom is -0.481 e. The molecule has 9 heteroatoms. The minimum atomic E-state index is -0.932. The van der Waals surface area contributed by atoms with Gasteiger partial charge in [-0.15, -0.1) is 0 Å². The zero-order chi connectivity index (χ0) is 18.0. The summed E-state index contributed by atoms with van der Waals surface area (Å²) in [6.07, 6.45) is -0.0927. The molecular formula is C16H18ClN3O4S. The van der Waals surface area contributed by atoms with E-state index in [1.165, 1.54) is 0 Å². The monoisotopic (exact) mass is 383 g/mol. The molecule has 3 rings (SSSR count). The first-order chi connectivity index (χ1) is 12.0. The van der Waals surface area contributed by atoms with Crippen molar-refractivity contribution in [1.29, 1.82) is 0 Å². The van der Waals surface area contributed by atoms with Gasteiger partial charge < -0.3 is 15.3 Å². The zero-order valence-corrected chi connectivity index (χ0v) is 15.0. The summed E-state index contributed by atoms with van der Waals surface area (Å²) in [5, 5.41) is 12.1. The lowest BCUT2D eigenvalue weighted by molar-refractivity contribution is -0.138. The zero-order valence-electron chi connectivity index (χ0n) is 13.4. The first-order valence-corrected chi connectivity index (χ1v) is 9.46. The molecule has 2 saturated heterocycles. The molecule has 0 bridgehead atoms. The van der Waals surface area contributed by atoms with Crippen LogP contribution in [0.4, 0.5) is 10.5 Å². The number of thioether (sulfide) groups is 1. The van der Waals surface area contributed by atoms with Crippen LogP contribution in [0.15, 0.2) is 18.2 Å². The Labute approximate surface area is 154 Å². The highest BCUT2D eigenvalue weighted by atomic mass is 35.5. The number of hydrogen-bond acceptors (Lipinski definition) is 4. The van der Waals surface area contributed by atoms with Crippen molar-refractivity contribution in [1.82, 2.24) is 10.2 Å². The summed E-state index contributed by atoms with van der Waals surface area (Å²) in [5.74, 6) is 0.120. The van der Waals surface area contributed by atoms with Gasteiger partial charge in [0.05, 0.1) is 23.0 Å². The number of carboxylic acids is 1. The van der Waals surface area contributed by atoms with E-state index < -0.39 is 5.97 Å². The van der Waals surface area contributed by atoms with Crippen LogP contribution in [0.5, 0.6) is 0 Å². The normalized spacial score (nSPS) is 20.5. The third-order valence-corrected chi connectivity index (χ3v) is 5.67. The molecule has 2 aliphatic rings. The SMILES string of the molecule is O=C(O)CC1CSCCN1C(=O)c1cc(N2CCNC2=O)ccc1Cl. The van der Waals surface area contributed by atoms with Crippen LogP contribution in [0.2, 0.25) is 5.02 Å². The van der Waals surface area contributed by atoms with Crippen molar-refractivity contribution in [3.63, 3.8) is 0 Å². The summed E-state index contributed by atoms with van der Waals surface area (Å²) in [6, 6.07) is 4.33. The molecule has 7 nitrogen and oxygen atoms in total. The van der Waals surface area contributed by atoms with Crippen molar-refractivity contribution >= 4 is 47.0 Å². The van der Waals surface area contributed by atoms with E-state index in [4.69, 9.17) is 16.7 Å². The Morgan fingerprint density at radius 3 is 2.84 bits per heavy atom. The van der Waals surface area contributed by atoms with E-state index in [2.05, 4.69) is 5.32 Å². The Morgan fingerprint density at radius 1 is 1.36 bits per heavy atom. The Bertz CT molecular complexity index is 715. The summed E-state index contributed by atoms with van der Waals surface area (Å²) in [5.41, 5.74) is 0.894. The average Bonchev–Trinajstić information content (AvgIpc) is 3.01. The summed E-state index contributed by atoms with van der Waals surface area (Å²) in [6.45, 7) is 1.55. The predicted octanol–water partition coefficient (Wildman–Crippen LogP) is 1.90. The summed E-state index contributed by atoms with van der Waals surface area (Å²) in [7, 11) is 0. The third-order valence-electron chi connectivity index (χ3n) is 4.25. The van der Waals surface area contributed by atoms with E-state index in [9.17, 15) is 14.4 Å². The number of carbonyl (C=O) groups is 3. The molecule has 1 atom stereocenters. The fourth-order valence-electron chi connectivity index (χ4n) is 3.01. The maximum Gasteiger partial charge on any atom is 0.321 e. The lowest BCUT2D eigenvalue weighted by Crippen LogP contribution is -2.47. The molecule has 0 spiro atoms. The maximum atomic E-state index is 13.0. The van der Waals surface area contributed by atoms with E-state index in [-0.39, 0.29) is 24.4 Å². The number of aliphatic carboxylic acids is 1. The van der Waals surface area contributed by atoms with Crippen molar-refractivity contribution in [3.05, 3.63) is 28.8 Å². The lowest BCUT2D eigenvalue weighted by atomic mass is 10.1. The topological polar surface area (TPSA) is 89.9 Å². The van der Waals surface area contributed by atoms with E-state index in [1.807, 2.05) is 0 Å². The highest BCUT2D eigenvalue weighted by Crippen LogP contribution is 2.28. The van der Waals surface area contributed by atoms with Gasteiger partial charge in [0.25, 0.3) is 5.91 Å². The van der Waals surface area contributed by atoms with Gasteiger partial charge in [-0.3, -0.25) is 14.5 Å². The largest absolute Gasteiger partial charge is 0.481 e. The van der Waals surface area contributed by atoms with Gasteiger partial charge in [-0.2, -0.15) is 11.8 Å². The van der Waals surface area contributed by atoms with Crippen LogP contribution in [0.1, 0.15) is 16.8 Å². The highest BCUT2D eigenvalue weighted by molar-refractivity contribution is 7.99. The van der Waals surface area contributed by atoms with Crippen LogP contribution in [-0.4, -0.2) is 65.1 Å². The molecule has 2 aliphatic heterocycles. The second-order valence-electron chi connectivity index (χ2n) is 5.87. The van der Waals surface area contributed by atoms with Gasteiger partial charge in [-0.25, -0.2) is 4.79 Å². The van der Waals surface area contributed by atoms with Crippen LogP contribution < -0.4 is 10.2 Å². The molecule has 25 heavy (non-hydrogen) atoms. The number of rotatable bonds is 4. The molecule has 134 valence electrons. The van der Waals surface area contributed by atoms with Crippen LogP contribution in [0.25, 0.3) is 0 Å². The second-order valence-corrected chi connectivity index (χ2v) is 7.43. The first kappa shape index (κ1) is 17.9. The Morgan fingerprint density at radius 2 is 2.16 bits per heavy atom. The fourth-order valence-corrected chi connectivity index (χ4v) is 4.27. The number of nitrogens with zero attached hydrogens (tertiary/aromatic N) is 2. The summed E-state index contributed by atoms with van der Waals surface area (Å²) in [4.78, 5) is 39.0. The van der Waals surface area contributed by atoms with Crippen LogP contribution in [0.3, 0.4) is 0 Å². The van der Waals surface area contributed by atoms with Gasteiger partial charge in [0, 0.05) is 36.8 Å². The Balaban J connectivity index is 1.87. The molecule has 0 aliphatic carbocycles. The molecule has 0 radical (unpaired) electrons. The van der Waals surface area contributed by atoms with E-state index in [0.717, 1.165) is 5.75 Å². The number of amides is 3. The smallest absolute Gasteiger partial charge is 0.321 e. The maximum absolute atomic E-state index is 13.0. The number of carboxylic acid groups (broad SMARTS) is 1. The Hall–Kier alpha value is -1.93.